The quantitative estimate of drug-likeness (QED) is 0.424. The Bertz CT molecular complexity index is 1360. The molecule has 37 heavy (non-hydrogen) atoms. The second-order valence-corrected chi connectivity index (χ2v) is 10.6. The highest BCUT2D eigenvalue weighted by molar-refractivity contribution is 5.97. The number of rotatable bonds is 3. The zero-order chi connectivity index (χ0) is 25.0. The molecule has 6 heteroatoms. The van der Waals surface area contributed by atoms with E-state index < -0.39 is 5.60 Å². The van der Waals surface area contributed by atoms with Gasteiger partial charge in [-0.15, -0.1) is 0 Å². The minimum absolute atomic E-state index is 0.297. The number of carbonyl (C=O) groups is 1. The average molecular weight is 497 g/mol. The first-order valence-corrected chi connectivity index (χ1v) is 13.5. The molecule has 0 aromatic heterocycles. The summed E-state index contributed by atoms with van der Waals surface area (Å²) in [4.78, 5) is 17.9. The molecule has 0 bridgehead atoms. The Kier molecular flexibility index (Phi) is 5.39. The van der Waals surface area contributed by atoms with Gasteiger partial charge < -0.3 is 24.0 Å². The molecule has 3 aliphatic heterocycles. The normalized spacial score (nSPS) is 22.6. The van der Waals surface area contributed by atoms with Crippen LogP contribution in [0.2, 0.25) is 0 Å². The largest absolute Gasteiger partial charge is 0.456 e. The third-order valence-electron chi connectivity index (χ3n) is 8.58. The summed E-state index contributed by atoms with van der Waals surface area (Å²) in [6.45, 7) is 3.07. The van der Waals surface area contributed by atoms with E-state index >= 15 is 0 Å². The number of ether oxygens (including phenoxy) is 3. The minimum Gasteiger partial charge on any atom is -0.456 e. The summed E-state index contributed by atoms with van der Waals surface area (Å²) < 4.78 is 18.5. The maximum absolute atomic E-state index is 13.2. The average Bonchev–Trinajstić information content (AvgIpc) is 3.26. The Hall–Kier alpha value is -3.51. The van der Waals surface area contributed by atoms with Gasteiger partial charge in [0.25, 0.3) is 0 Å². The van der Waals surface area contributed by atoms with Gasteiger partial charge in [-0.25, -0.2) is 4.79 Å². The van der Waals surface area contributed by atoms with E-state index in [9.17, 15) is 4.79 Å². The van der Waals surface area contributed by atoms with Crippen molar-refractivity contribution in [2.24, 2.45) is 0 Å². The monoisotopic (exact) mass is 496 g/mol. The fraction of sp³-hybridized carbons (Fsp3) is 0.387. The van der Waals surface area contributed by atoms with Crippen LogP contribution in [0.25, 0.3) is 0 Å². The van der Waals surface area contributed by atoms with E-state index in [0.717, 1.165) is 52.7 Å². The number of hydrogen-bond acceptors (Lipinski definition) is 6. The molecule has 1 saturated heterocycles. The number of benzene rings is 3. The fourth-order valence-electron chi connectivity index (χ4n) is 6.57. The molecule has 1 saturated carbocycles. The molecule has 1 unspecified atom stereocenters. The van der Waals surface area contributed by atoms with Gasteiger partial charge in [0.15, 0.2) is 5.60 Å². The van der Waals surface area contributed by atoms with Crippen molar-refractivity contribution in [2.75, 3.05) is 43.2 Å². The molecule has 0 N–H and O–H groups in total. The van der Waals surface area contributed by atoms with Crippen LogP contribution in [0.3, 0.4) is 0 Å². The molecule has 3 aromatic rings. The van der Waals surface area contributed by atoms with Gasteiger partial charge >= 0.3 is 5.97 Å². The third kappa shape index (κ3) is 3.53. The zero-order valence-electron chi connectivity index (χ0n) is 21.2. The molecule has 0 radical (unpaired) electrons. The van der Waals surface area contributed by atoms with Crippen LogP contribution < -0.4 is 14.5 Å². The lowest BCUT2D eigenvalue weighted by atomic mass is 9.77. The molecule has 1 spiro atoms. The first-order chi connectivity index (χ1) is 18.1. The van der Waals surface area contributed by atoms with Gasteiger partial charge in [-0.05, 0) is 49.2 Å². The van der Waals surface area contributed by atoms with Gasteiger partial charge in [0.2, 0.25) is 0 Å². The van der Waals surface area contributed by atoms with Gasteiger partial charge in [0.1, 0.15) is 11.5 Å². The van der Waals surface area contributed by atoms with Crippen LogP contribution in [0.1, 0.15) is 59.2 Å². The molecular formula is C31H32N2O4. The van der Waals surface area contributed by atoms with E-state index in [1.165, 1.54) is 32.1 Å². The van der Waals surface area contributed by atoms with E-state index in [1.807, 2.05) is 30.3 Å². The van der Waals surface area contributed by atoms with Crippen LogP contribution in [0.5, 0.6) is 11.5 Å². The van der Waals surface area contributed by atoms with Gasteiger partial charge in [-0.2, -0.15) is 0 Å². The smallest absolute Gasteiger partial charge is 0.340 e. The Morgan fingerprint density at radius 3 is 2.51 bits per heavy atom. The summed E-state index contributed by atoms with van der Waals surface area (Å²) in [6, 6.07) is 20.9. The third-order valence-corrected chi connectivity index (χ3v) is 8.58. The second-order valence-electron chi connectivity index (χ2n) is 10.6. The van der Waals surface area contributed by atoms with Crippen molar-refractivity contribution in [3.63, 3.8) is 0 Å². The number of esters is 1. The molecule has 7 rings (SSSR count). The van der Waals surface area contributed by atoms with E-state index in [2.05, 4.69) is 47.2 Å². The van der Waals surface area contributed by atoms with E-state index in [1.54, 1.807) is 0 Å². The highest BCUT2D eigenvalue weighted by Crippen LogP contribution is 2.57. The van der Waals surface area contributed by atoms with Gasteiger partial charge in [-0.3, -0.25) is 0 Å². The lowest BCUT2D eigenvalue weighted by Gasteiger charge is -2.39. The van der Waals surface area contributed by atoms with E-state index in [-0.39, 0.29) is 5.97 Å². The number of carbonyl (C=O) groups excluding carboxylic acids is 1. The lowest BCUT2D eigenvalue weighted by Crippen LogP contribution is -2.37. The predicted octanol–water partition coefficient (Wildman–Crippen LogP) is 5.86. The molecule has 3 aromatic carbocycles. The number of anilines is 2. The van der Waals surface area contributed by atoms with Crippen molar-refractivity contribution in [1.29, 1.82) is 0 Å². The van der Waals surface area contributed by atoms with Crippen molar-refractivity contribution in [3.05, 3.63) is 82.9 Å². The molecule has 190 valence electrons. The maximum Gasteiger partial charge on any atom is 0.340 e. The molecule has 6 nitrogen and oxygen atoms in total. The SMILES string of the molecule is CN(c1ccc2c(c1)Oc1ccc(N3CCOCC3)cc1C21OC(=O)c2ccccc21)C1CCCCC1. The highest BCUT2D eigenvalue weighted by atomic mass is 16.6. The summed E-state index contributed by atoms with van der Waals surface area (Å²) in [5.41, 5.74) is 4.41. The molecule has 1 atom stereocenters. The number of hydrogen-bond donors (Lipinski definition) is 0. The molecule has 0 amide bonds. The van der Waals surface area contributed by atoms with Crippen LogP contribution in [-0.2, 0) is 15.1 Å². The van der Waals surface area contributed by atoms with Crippen LogP contribution in [0.4, 0.5) is 11.4 Å². The number of morpholine rings is 1. The van der Waals surface area contributed by atoms with Crippen molar-refractivity contribution in [2.45, 2.75) is 43.7 Å². The molecule has 1 aliphatic carbocycles. The summed E-state index contributed by atoms with van der Waals surface area (Å²) in [7, 11) is 2.18. The minimum atomic E-state index is -1.04. The summed E-state index contributed by atoms with van der Waals surface area (Å²) >= 11 is 0. The zero-order valence-corrected chi connectivity index (χ0v) is 21.2. The Balaban J connectivity index is 1.38. The highest BCUT2D eigenvalue weighted by Gasteiger charge is 2.53. The van der Waals surface area contributed by atoms with Crippen LogP contribution in [0, 0.1) is 0 Å². The maximum atomic E-state index is 13.2. The van der Waals surface area contributed by atoms with Gasteiger partial charge in [0, 0.05) is 60.3 Å². The first kappa shape index (κ1) is 22.7. The van der Waals surface area contributed by atoms with Crippen LogP contribution >= 0.6 is 0 Å². The Morgan fingerprint density at radius 2 is 1.68 bits per heavy atom. The topological polar surface area (TPSA) is 51.2 Å². The second kappa shape index (κ2) is 8.80. The van der Waals surface area contributed by atoms with Crippen molar-refractivity contribution < 1.29 is 19.0 Å². The number of nitrogens with zero attached hydrogens (tertiary/aromatic N) is 2. The van der Waals surface area contributed by atoms with Crippen LogP contribution in [0.15, 0.2) is 60.7 Å². The van der Waals surface area contributed by atoms with Gasteiger partial charge in [0.05, 0.1) is 18.8 Å². The van der Waals surface area contributed by atoms with E-state index in [0.29, 0.717) is 24.8 Å². The predicted molar refractivity (Wildman–Crippen MR) is 143 cm³/mol. The number of fused-ring (bicyclic) bond motifs is 6. The van der Waals surface area contributed by atoms with Crippen molar-refractivity contribution in [3.8, 4) is 11.5 Å². The summed E-state index contributed by atoms with van der Waals surface area (Å²) in [5.74, 6) is 1.18. The fourth-order valence-corrected chi connectivity index (χ4v) is 6.57. The summed E-state index contributed by atoms with van der Waals surface area (Å²) in [6.07, 6.45) is 6.33. The molecule has 2 fully saturated rings. The Morgan fingerprint density at radius 1 is 0.865 bits per heavy atom. The van der Waals surface area contributed by atoms with Crippen molar-refractivity contribution in [1.82, 2.24) is 0 Å². The van der Waals surface area contributed by atoms with Crippen molar-refractivity contribution >= 4 is 17.3 Å². The van der Waals surface area contributed by atoms with Gasteiger partial charge in [-0.1, -0.05) is 37.5 Å². The molecular weight excluding hydrogens is 464 g/mol. The lowest BCUT2D eigenvalue weighted by molar-refractivity contribution is 0.0224. The van der Waals surface area contributed by atoms with E-state index in [4.69, 9.17) is 14.2 Å². The molecule has 4 aliphatic rings. The molecule has 3 heterocycles. The summed E-state index contributed by atoms with van der Waals surface area (Å²) in [5, 5.41) is 0. The first-order valence-electron chi connectivity index (χ1n) is 13.5. The standard InChI is InChI=1S/C31H32N2O4/c1-32(21-7-3-2-4-8-21)22-11-13-26-29(20-22)36-28-14-12-23(33-15-17-35-18-16-33)19-27(28)31(26)25-10-6-5-9-24(25)30(34)37-31/h5-6,9-14,19-21H,2-4,7-8,15-18H2,1H3. The van der Waals surface area contributed by atoms with Crippen LogP contribution in [-0.4, -0.2) is 45.4 Å². The Labute approximate surface area is 217 Å².